The van der Waals surface area contributed by atoms with Gasteiger partial charge in [-0.2, -0.15) is 5.10 Å². The zero-order chi connectivity index (χ0) is 18.1. The molecule has 0 bridgehead atoms. The fourth-order valence-corrected chi connectivity index (χ4v) is 3.16. The molecule has 0 aliphatic carbocycles. The number of carbonyl (C=O) groups is 1. The Kier molecular flexibility index (Phi) is 4.20. The van der Waals surface area contributed by atoms with Crippen LogP contribution >= 0.6 is 0 Å². The Balaban J connectivity index is 1.59. The number of nitrogens with zero attached hydrogens (tertiary/aromatic N) is 6. The van der Waals surface area contributed by atoms with Crippen molar-refractivity contribution in [2.45, 2.75) is 33.4 Å². The second kappa shape index (κ2) is 6.67. The Morgan fingerprint density at radius 1 is 1.23 bits per heavy atom. The molecule has 1 amide bonds. The topological polar surface area (TPSA) is 76.8 Å². The minimum atomic E-state index is -0.0421. The molecular weight excluding hydrogens is 328 g/mol. The van der Waals surface area contributed by atoms with E-state index in [1.165, 1.54) is 6.33 Å². The molecule has 0 radical (unpaired) electrons. The molecule has 0 saturated carbocycles. The maximum absolute atomic E-state index is 13.1. The van der Waals surface area contributed by atoms with Gasteiger partial charge in [0.2, 0.25) is 0 Å². The zero-order valence-electron chi connectivity index (χ0n) is 14.8. The fourth-order valence-electron chi connectivity index (χ4n) is 3.16. The second-order valence-electron chi connectivity index (χ2n) is 6.87. The Morgan fingerprint density at radius 3 is 2.85 bits per heavy atom. The molecule has 0 atom stereocenters. The minimum Gasteiger partial charge on any atom is -0.328 e. The van der Waals surface area contributed by atoms with Gasteiger partial charge in [-0.25, -0.2) is 19.6 Å². The van der Waals surface area contributed by atoms with Gasteiger partial charge in [-0.3, -0.25) is 4.79 Å². The number of hydrogen-bond acceptors (Lipinski definition) is 5. The molecule has 7 heteroatoms. The van der Waals surface area contributed by atoms with Gasteiger partial charge in [0.15, 0.2) is 0 Å². The van der Waals surface area contributed by atoms with Crippen molar-refractivity contribution in [3.63, 3.8) is 0 Å². The third kappa shape index (κ3) is 3.08. The Bertz CT molecular complexity index is 935. The van der Waals surface area contributed by atoms with Gasteiger partial charge in [0, 0.05) is 24.7 Å². The van der Waals surface area contributed by atoms with Gasteiger partial charge in [0.05, 0.1) is 23.5 Å². The first-order valence-electron chi connectivity index (χ1n) is 8.69. The maximum Gasteiger partial charge on any atom is 0.256 e. The van der Waals surface area contributed by atoms with Crippen LogP contribution in [0.1, 0.15) is 41.3 Å². The monoisotopic (exact) mass is 348 g/mol. The molecule has 0 unspecified atom stereocenters. The maximum atomic E-state index is 13.1. The number of carbonyl (C=O) groups excluding carboxylic acids is 1. The van der Waals surface area contributed by atoms with E-state index in [0.29, 0.717) is 24.6 Å². The summed E-state index contributed by atoms with van der Waals surface area (Å²) in [6.45, 7) is 5.33. The summed E-state index contributed by atoms with van der Waals surface area (Å²) >= 11 is 0. The third-order valence-corrected chi connectivity index (χ3v) is 4.38. The first-order valence-corrected chi connectivity index (χ1v) is 8.69. The van der Waals surface area contributed by atoms with E-state index in [9.17, 15) is 4.79 Å². The summed E-state index contributed by atoms with van der Waals surface area (Å²) in [7, 11) is 0. The van der Waals surface area contributed by atoms with Crippen LogP contribution in [-0.4, -0.2) is 35.5 Å². The van der Waals surface area contributed by atoms with E-state index in [1.807, 2.05) is 30.5 Å². The van der Waals surface area contributed by atoms with Crippen molar-refractivity contribution < 1.29 is 4.79 Å². The number of fused-ring (bicyclic) bond motifs is 1. The number of para-hydroxylation sites is 1. The van der Waals surface area contributed by atoms with Crippen LogP contribution in [-0.2, 0) is 19.5 Å². The van der Waals surface area contributed by atoms with Crippen LogP contribution in [0.15, 0.2) is 43.1 Å². The van der Waals surface area contributed by atoms with Crippen LogP contribution in [0.5, 0.6) is 0 Å². The first-order chi connectivity index (χ1) is 12.6. The molecule has 1 aliphatic heterocycles. The molecule has 0 saturated heterocycles. The summed E-state index contributed by atoms with van der Waals surface area (Å²) in [4.78, 5) is 28.0. The number of rotatable bonds is 4. The largest absolute Gasteiger partial charge is 0.328 e. The molecule has 0 spiro atoms. The fraction of sp³-hybridized carbons (Fsp3) is 0.316. The lowest BCUT2D eigenvalue weighted by atomic mass is 10.1. The normalized spacial score (nSPS) is 13.3. The standard InChI is InChI=1S/C19H20N6O/c1-13(2)7-18-21-8-14-9-24(10-16(14)23-18)19(26)15-5-3-4-6-17(15)25-12-20-11-22-25/h3-6,8,11-13H,7,9-10H2,1-2H3. The van der Waals surface area contributed by atoms with Crippen LogP contribution in [0, 0.1) is 5.92 Å². The van der Waals surface area contributed by atoms with Crippen LogP contribution < -0.4 is 0 Å². The van der Waals surface area contributed by atoms with E-state index in [-0.39, 0.29) is 5.91 Å². The van der Waals surface area contributed by atoms with E-state index in [2.05, 4.69) is 33.9 Å². The van der Waals surface area contributed by atoms with Crippen molar-refractivity contribution in [2.24, 2.45) is 5.92 Å². The first kappa shape index (κ1) is 16.4. The second-order valence-corrected chi connectivity index (χ2v) is 6.87. The zero-order valence-corrected chi connectivity index (χ0v) is 14.8. The smallest absolute Gasteiger partial charge is 0.256 e. The van der Waals surface area contributed by atoms with Gasteiger partial charge >= 0.3 is 0 Å². The van der Waals surface area contributed by atoms with Crippen LogP contribution in [0.4, 0.5) is 0 Å². The summed E-state index contributed by atoms with van der Waals surface area (Å²) in [6, 6.07) is 7.43. The van der Waals surface area contributed by atoms with E-state index in [0.717, 1.165) is 29.2 Å². The molecule has 7 nitrogen and oxygen atoms in total. The van der Waals surface area contributed by atoms with Crippen molar-refractivity contribution in [2.75, 3.05) is 0 Å². The number of aromatic nitrogens is 5. The van der Waals surface area contributed by atoms with E-state index < -0.39 is 0 Å². The highest BCUT2D eigenvalue weighted by molar-refractivity contribution is 5.98. The molecule has 2 aromatic heterocycles. The Morgan fingerprint density at radius 2 is 2.08 bits per heavy atom. The lowest BCUT2D eigenvalue weighted by Gasteiger charge is -2.17. The van der Waals surface area contributed by atoms with Crippen molar-refractivity contribution in [3.8, 4) is 5.69 Å². The highest BCUT2D eigenvalue weighted by Crippen LogP contribution is 2.24. The SMILES string of the molecule is CC(C)Cc1ncc2c(n1)CN(C(=O)c1ccccc1-n1cncn1)C2. The molecule has 3 aromatic rings. The Labute approximate surface area is 151 Å². The van der Waals surface area contributed by atoms with E-state index in [1.54, 1.807) is 15.9 Å². The van der Waals surface area contributed by atoms with Gasteiger partial charge in [-0.15, -0.1) is 0 Å². The Hall–Kier alpha value is -3.09. The highest BCUT2D eigenvalue weighted by atomic mass is 16.2. The summed E-state index contributed by atoms with van der Waals surface area (Å²) in [5, 5.41) is 4.15. The average Bonchev–Trinajstić information content (AvgIpc) is 3.30. The van der Waals surface area contributed by atoms with Crippen molar-refractivity contribution in [1.82, 2.24) is 29.6 Å². The highest BCUT2D eigenvalue weighted by Gasteiger charge is 2.27. The predicted octanol–water partition coefficient (Wildman–Crippen LogP) is 2.41. The lowest BCUT2D eigenvalue weighted by Crippen LogP contribution is -2.26. The van der Waals surface area contributed by atoms with Crippen LogP contribution in [0.25, 0.3) is 5.69 Å². The van der Waals surface area contributed by atoms with Gasteiger partial charge in [0.25, 0.3) is 5.91 Å². The predicted molar refractivity (Wildman–Crippen MR) is 95.5 cm³/mol. The number of hydrogen-bond donors (Lipinski definition) is 0. The summed E-state index contributed by atoms with van der Waals surface area (Å²) in [5.41, 5.74) is 3.28. The van der Waals surface area contributed by atoms with Crippen molar-refractivity contribution >= 4 is 5.91 Å². The van der Waals surface area contributed by atoms with Crippen LogP contribution in [0.2, 0.25) is 0 Å². The molecule has 132 valence electrons. The molecule has 26 heavy (non-hydrogen) atoms. The molecule has 1 aliphatic rings. The lowest BCUT2D eigenvalue weighted by molar-refractivity contribution is 0.0750. The molecule has 0 N–H and O–H groups in total. The minimum absolute atomic E-state index is 0.0421. The van der Waals surface area contributed by atoms with Crippen molar-refractivity contribution in [1.29, 1.82) is 0 Å². The third-order valence-electron chi connectivity index (χ3n) is 4.38. The van der Waals surface area contributed by atoms with E-state index >= 15 is 0 Å². The molecule has 3 heterocycles. The van der Waals surface area contributed by atoms with Gasteiger partial charge < -0.3 is 4.90 Å². The summed E-state index contributed by atoms with van der Waals surface area (Å²) in [5.74, 6) is 1.30. The average molecular weight is 348 g/mol. The quantitative estimate of drug-likeness (QED) is 0.724. The van der Waals surface area contributed by atoms with Crippen molar-refractivity contribution in [3.05, 3.63) is 65.8 Å². The van der Waals surface area contributed by atoms with Gasteiger partial charge in [0.1, 0.15) is 18.5 Å². The molecular formula is C19H20N6O. The van der Waals surface area contributed by atoms with E-state index in [4.69, 9.17) is 0 Å². The van der Waals surface area contributed by atoms with Crippen LogP contribution in [0.3, 0.4) is 0 Å². The number of amides is 1. The molecule has 1 aromatic carbocycles. The molecule has 0 fully saturated rings. The molecule has 4 rings (SSSR count). The summed E-state index contributed by atoms with van der Waals surface area (Å²) in [6.07, 6.45) is 5.75. The van der Waals surface area contributed by atoms with Gasteiger partial charge in [-0.05, 0) is 18.1 Å². The van der Waals surface area contributed by atoms with Gasteiger partial charge in [-0.1, -0.05) is 26.0 Å². The number of benzene rings is 1. The summed E-state index contributed by atoms with van der Waals surface area (Å²) < 4.78 is 1.61.